The lowest BCUT2D eigenvalue weighted by atomic mass is 10.1. The molecule has 132 valence electrons. The lowest BCUT2D eigenvalue weighted by molar-refractivity contribution is -0.154. The Labute approximate surface area is 144 Å². The third-order valence-corrected chi connectivity index (χ3v) is 5.08. The van der Waals surface area contributed by atoms with Crippen LogP contribution >= 0.6 is 7.92 Å². The molecule has 0 saturated carbocycles. The van der Waals surface area contributed by atoms with Crippen LogP contribution in [0.25, 0.3) is 22.2 Å². The predicted octanol–water partition coefficient (Wildman–Crippen LogP) is 4.24. The summed E-state index contributed by atoms with van der Waals surface area (Å²) in [5.41, 5.74) is 3.18. The van der Waals surface area contributed by atoms with E-state index < -0.39 is 12.8 Å². The van der Waals surface area contributed by atoms with Crippen molar-refractivity contribution in [3.05, 3.63) is 36.2 Å². The molecule has 2 heterocycles. The molecule has 2 aromatic heterocycles. The van der Waals surface area contributed by atoms with Crippen molar-refractivity contribution in [3.8, 4) is 17.3 Å². The SMILES string of the molecule is Cc1cnc(OCC(F)(F)F)nc1-c1c[nH]c2c(P(C)C)cccc12. The third kappa shape index (κ3) is 3.76. The monoisotopic (exact) mass is 367 g/mol. The molecule has 0 fully saturated rings. The zero-order valence-corrected chi connectivity index (χ0v) is 14.9. The van der Waals surface area contributed by atoms with Gasteiger partial charge in [-0.15, -0.1) is 0 Å². The number of ether oxygens (including phenoxy) is 1. The Bertz CT molecular complexity index is 906. The van der Waals surface area contributed by atoms with Crippen molar-refractivity contribution in [1.82, 2.24) is 15.0 Å². The van der Waals surface area contributed by atoms with Crippen molar-refractivity contribution in [3.63, 3.8) is 0 Å². The molecule has 4 nitrogen and oxygen atoms in total. The number of para-hydroxylation sites is 1. The van der Waals surface area contributed by atoms with E-state index in [1.807, 2.05) is 25.3 Å². The summed E-state index contributed by atoms with van der Waals surface area (Å²) in [6.45, 7) is 4.74. The van der Waals surface area contributed by atoms with Crippen LogP contribution < -0.4 is 10.0 Å². The average Bonchev–Trinajstić information content (AvgIpc) is 2.97. The van der Waals surface area contributed by atoms with Crippen LogP contribution in [0.15, 0.2) is 30.6 Å². The van der Waals surface area contributed by atoms with Gasteiger partial charge in [-0.3, -0.25) is 0 Å². The highest BCUT2D eigenvalue weighted by Crippen LogP contribution is 2.34. The highest BCUT2D eigenvalue weighted by atomic mass is 31.1. The van der Waals surface area contributed by atoms with Gasteiger partial charge in [0.25, 0.3) is 0 Å². The number of alkyl halides is 3. The van der Waals surface area contributed by atoms with Crippen LogP contribution in [-0.2, 0) is 0 Å². The maximum Gasteiger partial charge on any atom is 0.422 e. The second-order valence-corrected chi connectivity index (χ2v) is 8.16. The highest BCUT2D eigenvalue weighted by Gasteiger charge is 2.29. The summed E-state index contributed by atoms with van der Waals surface area (Å²) in [6.07, 6.45) is -1.12. The molecular formula is C17H17F3N3OP. The third-order valence-electron chi connectivity index (χ3n) is 3.74. The lowest BCUT2D eigenvalue weighted by Gasteiger charge is -2.10. The van der Waals surface area contributed by atoms with E-state index in [0.29, 0.717) is 5.69 Å². The van der Waals surface area contributed by atoms with Gasteiger partial charge < -0.3 is 9.72 Å². The van der Waals surface area contributed by atoms with Crippen LogP contribution in [0.5, 0.6) is 6.01 Å². The van der Waals surface area contributed by atoms with Crippen molar-refractivity contribution in [2.75, 3.05) is 19.9 Å². The van der Waals surface area contributed by atoms with Crippen LogP contribution in [-0.4, -0.2) is 41.1 Å². The normalized spacial score (nSPS) is 12.1. The maximum absolute atomic E-state index is 12.3. The smallest absolute Gasteiger partial charge is 0.422 e. The molecule has 0 atom stereocenters. The number of halogens is 3. The molecule has 0 radical (unpaired) electrons. The summed E-state index contributed by atoms with van der Waals surface area (Å²) < 4.78 is 41.7. The number of H-pyrrole nitrogens is 1. The number of rotatable bonds is 4. The number of fused-ring (bicyclic) bond motifs is 1. The largest absolute Gasteiger partial charge is 0.454 e. The Balaban J connectivity index is 2.04. The summed E-state index contributed by atoms with van der Waals surface area (Å²) in [7, 11) is -0.297. The quantitative estimate of drug-likeness (QED) is 0.702. The van der Waals surface area contributed by atoms with Gasteiger partial charge in [-0.2, -0.15) is 18.2 Å². The number of benzene rings is 1. The molecule has 0 aliphatic rings. The van der Waals surface area contributed by atoms with E-state index in [0.717, 1.165) is 22.0 Å². The predicted molar refractivity (Wildman–Crippen MR) is 94.0 cm³/mol. The first-order valence-electron chi connectivity index (χ1n) is 7.57. The van der Waals surface area contributed by atoms with Gasteiger partial charge in [0, 0.05) is 23.3 Å². The molecule has 0 amide bonds. The van der Waals surface area contributed by atoms with Gasteiger partial charge in [-0.25, -0.2) is 4.98 Å². The number of hydrogen-bond acceptors (Lipinski definition) is 3. The van der Waals surface area contributed by atoms with E-state index in [2.05, 4.69) is 39.1 Å². The van der Waals surface area contributed by atoms with Gasteiger partial charge in [0.05, 0.1) is 11.2 Å². The van der Waals surface area contributed by atoms with Gasteiger partial charge in [0.15, 0.2) is 6.61 Å². The van der Waals surface area contributed by atoms with Gasteiger partial charge in [0.1, 0.15) is 0 Å². The Morgan fingerprint density at radius 2 is 2.00 bits per heavy atom. The minimum Gasteiger partial charge on any atom is -0.454 e. The molecule has 0 saturated heterocycles. The van der Waals surface area contributed by atoms with Crippen LogP contribution in [0.3, 0.4) is 0 Å². The van der Waals surface area contributed by atoms with Crippen LogP contribution in [0.4, 0.5) is 13.2 Å². The summed E-state index contributed by atoms with van der Waals surface area (Å²) in [6, 6.07) is 5.76. The summed E-state index contributed by atoms with van der Waals surface area (Å²) in [4.78, 5) is 11.3. The van der Waals surface area contributed by atoms with E-state index >= 15 is 0 Å². The molecule has 8 heteroatoms. The second kappa shape index (κ2) is 6.64. The van der Waals surface area contributed by atoms with Gasteiger partial charge in [-0.05, 0) is 31.1 Å². The van der Waals surface area contributed by atoms with Crippen molar-refractivity contribution in [1.29, 1.82) is 0 Å². The molecular weight excluding hydrogens is 350 g/mol. The molecule has 0 spiro atoms. The van der Waals surface area contributed by atoms with E-state index in [1.54, 1.807) is 0 Å². The first kappa shape index (κ1) is 17.7. The molecule has 3 aromatic rings. The second-order valence-electron chi connectivity index (χ2n) is 5.88. The molecule has 25 heavy (non-hydrogen) atoms. The first-order chi connectivity index (χ1) is 11.8. The molecule has 1 aromatic carbocycles. The minimum atomic E-state index is -4.43. The Morgan fingerprint density at radius 3 is 2.68 bits per heavy atom. The van der Waals surface area contributed by atoms with Crippen molar-refractivity contribution in [2.24, 2.45) is 0 Å². The fraction of sp³-hybridized carbons (Fsp3) is 0.294. The molecule has 3 rings (SSSR count). The number of aromatic nitrogens is 3. The summed E-state index contributed by atoms with van der Waals surface area (Å²) >= 11 is 0. The number of aromatic amines is 1. The number of aryl methyl sites for hydroxylation is 1. The van der Waals surface area contributed by atoms with E-state index in [-0.39, 0.29) is 13.9 Å². The summed E-state index contributed by atoms with van der Waals surface area (Å²) in [5, 5.41) is 2.22. The standard InChI is InChI=1S/C17H17F3N3OP/c1-10-7-22-16(24-9-17(18,19)20)23-14(10)12-8-21-15-11(12)5-4-6-13(15)25(2)3/h4-8,21H,9H2,1-3H3. The van der Waals surface area contributed by atoms with Gasteiger partial charge in [0.2, 0.25) is 0 Å². The summed E-state index contributed by atoms with van der Waals surface area (Å²) in [5.74, 6) is 0. The molecule has 0 aliphatic heterocycles. The van der Waals surface area contributed by atoms with Crippen molar-refractivity contribution >= 4 is 24.1 Å². The van der Waals surface area contributed by atoms with E-state index in [9.17, 15) is 13.2 Å². The molecule has 0 unspecified atom stereocenters. The zero-order chi connectivity index (χ0) is 18.2. The van der Waals surface area contributed by atoms with E-state index in [4.69, 9.17) is 0 Å². The van der Waals surface area contributed by atoms with Gasteiger partial charge >= 0.3 is 12.2 Å². The average molecular weight is 367 g/mol. The van der Waals surface area contributed by atoms with E-state index in [1.165, 1.54) is 11.5 Å². The first-order valence-corrected chi connectivity index (χ1v) is 9.81. The minimum absolute atomic E-state index is 0.281. The lowest BCUT2D eigenvalue weighted by Crippen LogP contribution is -2.20. The van der Waals surface area contributed by atoms with Crippen LogP contribution in [0.2, 0.25) is 0 Å². The zero-order valence-electron chi connectivity index (χ0n) is 14.0. The topological polar surface area (TPSA) is 50.8 Å². The van der Waals surface area contributed by atoms with Gasteiger partial charge in [-0.1, -0.05) is 26.1 Å². The highest BCUT2D eigenvalue weighted by molar-refractivity contribution is 7.64. The van der Waals surface area contributed by atoms with Crippen LogP contribution in [0, 0.1) is 6.92 Å². The van der Waals surface area contributed by atoms with Crippen molar-refractivity contribution in [2.45, 2.75) is 13.1 Å². The maximum atomic E-state index is 12.3. The fourth-order valence-corrected chi connectivity index (χ4v) is 3.64. The van der Waals surface area contributed by atoms with Crippen molar-refractivity contribution < 1.29 is 17.9 Å². The molecule has 0 aliphatic carbocycles. The van der Waals surface area contributed by atoms with Crippen LogP contribution in [0.1, 0.15) is 5.56 Å². The Kier molecular flexibility index (Phi) is 4.69. The molecule has 0 bridgehead atoms. The molecule has 1 N–H and O–H groups in total. The Morgan fingerprint density at radius 1 is 1.24 bits per heavy atom. The number of nitrogens with zero attached hydrogens (tertiary/aromatic N) is 2. The number of nitrogens with one attached hydrogen (secondary N) is 1. The number of hydrogen-bond donors (Lipinski definition) is 1. The Hall–Kier alpha value is -2.14. The fourth-order valence-electron chi connectivity index (χ4n) is 2.62.